The van der Waals surface area contributed by atoms with Crippen LogP contribution in [0.5, 0.6) is 5.75 Å². The van der Waals surface area contributed by atoms with Crippen LogP contribution in [-0.4, -0.2) is 42.8 Å². The molecular weight excluding hydrogens is 382 g/mol. The molecule has 0 aromatic heterocycles. The molecule has 3 rings (SSSR count). The van der Waals surface area contributed by atoms with Crippen LogP contribution in [0.15, 0.2) is 35.9 Å². The zero-order chi connectivity index (χ0) is 22.7. The number of allylic oxidation sites excluding steroid dienone is 1. The first-order valence-electron chi connectivity index (χ1n) is 12.2. The molecule has 3 nitrogen and oxygen atoms in total. The van der Waals surface area contributed by atoms with E-state index in [0.29, 0.717) is 11.5 Å². The fourth-order valence-corrected chi connectivity index (χ4v) is 5.28. The Hall–Kier alpha value is -1.32. The SMILES string of the molecule is CC(C)=CC(CC(C)(C)c1ccc(OC(C)(C)C)cc1)N1CCC2(CCOCC2)CC1. The first-order chi connectivity index (χ1) is 14.5. The number of hydrogen-bond donors (Lipinski definition) is 0. The van der Waals surface area contributed by atoms with Crippen LogP contribution in [0.1, 0.15) is 86.1 Å². The van der Waals surface area contributed by atoms with Gasteiger partial charge in [0.25, 0.3) is 0 Å². The average Bonchev–Trinajstić information content (AvgIpc) is 2.67. The van der Waals surface area contributed by atoms with E-state index in [2.05, 4.69) is 83.7 Å². The number of rotatable bonds is 6. The molecule has 1 unspecified atom stereocenters. The van der Waals surface area contributed by atoms with E-state index in [9.17, 15) is 0 Å². The summed E-state index contributed by atoms with van der Waals surface area (Å²) < 4.78 is 11.7. The van der Waals surface area contributed by atoms with Crippen LogP contribution in [0, 0.1) is 5.41 Å². The van der Waals surface area contributed by atoms with Crippen LogP contribution in [0.25, 0.3) is 0 Å². The van der Waals surface area contributed by atoms with Gasteiger partial charge in [0.2, 0.25) is 0 Å². The molecule has 2 heterocycles. The summed E-state index contributed by atoms with van der Waals surface area (Å²) in [6, 6.07) is 9.27. The van der Waals surface area contributed by atoms with Crippen molar-refractivity contribution in [3.8, 4) is 5.75 Å². The predicted molar refractivity (Wildman–Crippen MR) is 131 cm³/mol. The fourth-order valence-electron chi connectivity index (χ4n) is 5.28. The van der Waals surface area contributed by atoms with Gasteiger partial charge < -0.3 is 9.47 Å². The number of ether oxygens (including phenoxy) is 2. The molecule has 31 heavy (non-hydrogen) atoms. The van der Waals surface area contributed by atoms with Gasteiger partial charge >= 0.3 is 0 Å². The summed E-state index contributed by atoms with van der Waals surface area (Å²) in [5.41, 5.74) is 3.29. The van der Waals surface area contributed by atoms with E-state index in [0.717, 1.165) is 25.4 Å². The van der Waals surface area contributed by atoms with Gasteiger partial charge in [-0.2, -0.15) is 0 Å². The molecule has 2 aliphatic heterocycles. The Bertz CT molecular complexity index is 721. The van der Waals surface area contributed by atoms with Crippen molar-refractivity contribution < 1.29 is 9.47 Å². The zero-order valence-corrected chi connectivity index (χ0v) is 21.1. The first kappa shape index (κ1) is 24.3. The number of piperidine rings is 1. The first-order valence-corrected chi connectivity index (χ1v) is 12.2. The Kier molecular flexibility index (Phi) is 7.58. The van der Waals surface area contributed by atoms with E-state index >= 15 is 0 Å². The molecule has 2 aliphatic rings. The normalized spacial score (nSPS) is 21.0. The highest BCUT2D eigenvalue weighted by molar-refractivity contribution is 5.32. The van der Waals surface area contributed by atoms with Crippen LogP contribution >= 0.6 is 0 Å². The van der Waals surface area contributed by atoms with E-state index in [-0.39, 0.29) is 11.0 Å². The van der Waals surface area contributed by atoms with Gasteiger partial charge in [0.15, 0.2) is 0 Å². The van der Waals surface area contributed by atoms with Gasteiger partial charge in [-0.1, -0.05) is 37.6 Å². The molecule has 2 saturated heterocycles. The second-order valence-electron chi connectivity index (χ2n) is 11.8. The second-order valence-corrected chi connectivity index (χ2v) is 11.8. The molecule has 174 valence electrons. The number of nitrogens with zero attached hydrogens (tertiary/aromatic N) is 1. The van der Waals surface area contributed by atoms with E-state index in [1.807, 2.05) is 0 Å². The van der Waals surface area contributed by atoms with E-state index < -0.39 is 0 Å². The lowest BCUT2D eigenvalue weighted by molar-refractivity contribution is -0.0259. The molecule has 0 bridgehead atoms. The molecule has 1 atom stereocenters. The molecular formula is C28H45NO2. The standard InChI is InChI=1S/C28H45NO2/c1-22(2)20-24(29-16-12-28(13-17-29)14-18-30-19-15-28)21-27(6,7)23-8-10-25(11-9-23)31-26(3,4)5/h8-11,20,24H,12-19,21H2,1-7H3. The third-order valence-corrected chi connectivity index (χ3v) is 7.19. The minimum atomic E-state index is -0.165. The summed E-state index contributed by atoms with van der Waals surface area (Å²) >= 11 is 0. The van der Waals surface area contributed by atoms with Crippen LogP contribution < -0.4 is 4.74 Å². The Balaban J connectivity index is 1.69. The van der Waals surface area contributed by atoms with Gasteiger partial charge in [-0.15, -0.1) is 0 Å². The summed E-state index contributed by atoms with van der Waals surface area (Å²) in [7, 11) is 0. The molecule has 1 aromatic rings. The van der Waals surface area contributed by atoms with Crippen molar-refractivity contribution in [3.05, 3.63) is 41.5 Å². The van der Waals surface area contributed by atoms with Gasteiger partial charge in [0.1, 0.15) is 11.4 Å². The molecule has 0 radical (unpaired) electrons. The molecule has 1 spiro atoms. The maximum absolute atomic E-state index is 6.03. The average molecular weight is 428 g/mol. The van der Waals surface area contributed by atoms with E-state index in [1.165, 1.54) is 49.9 Å². The molecule has 2 fully saturated rings. The lowest BCUT2D eigenvalue weighted by atomic mass is 9.71. The molecule has 1 aromatic carbocycles. The quantitative estimate of drug-likeness (QED) is 0.468. The Morgan fingerprint density at radius 2 is 1.58 bits per heavy atom. The lowest BCUT2D eigenvalue weighted by Gasteiger charge is -2.47. The molecule has 0 N–H and O–H groups in total. The van der Waals surface area contributed by atoms with Crippen LogP contribution in [-0.2, 0) is 10.2 Å². The predicted octanol–water partition coefficient (Wildman–Crippen LogP) is 6.76. The summed E-state index contributed by atoms with van der Waals surface area (Å²) in [6.07, 6.45) is 8.78. The Morgan fingerprint density at radius 3 is 2.10 bits per heavy atom. The van der Waals surface area contributed by atoms with E-state index in [1.54, 1.807) is 0 Å². The van der Waals surface area contributed by atoms with Gasteiger partial charge in [0, 0.05) is 19.3 Å². The van der Waals surface area contributed by atoms with Gasteiger partial charge in [0.05, 0.1) is 0 Å². The topological polar surface area (TPSA) is 21.7 Å². The number of hydrogen-bond acceptors (Lipinski definition) is 3. The third kappa shape index (κ3) is 6.83. The summed E-state index contributed by atoms with van der Waals surface area (Å²) in [6.45, 7) is 19.9. The van der Waals surface area contributed by atoms with Gasteiger partial charge in [-0.25, -0.2) is 0 Å². The summed E-state index contributed by atoms with van der Waals surface area (Å²) in [4.78, 5) is 2.74. The molecule has 3 heteroatoms. The maximum atomic E-state index is 6.03. The second kappa shape index (κ2) is 9.67. The number of likely N-dealkylation sites (tertiary alicyclic amines) is 1. The monoisotopic (exact) mass is 427 g/mol. The highest BCUT2D eigenvalue weighted by Gasteiger charge is 2.38. The van der Waals surface area contributed by atoms with Crippen molar-refractivity contribution in [1.82, 2.24) is 4.90 Å². The van der Waals surface area contributed by atoms with E-state index in [4.69, 9.17) is 9.47 Å². The molecule has 0 saturated carbocycles. The third-order valence-electron chi connectivity index (χ3n) is 7.19. The zero-order valence-electron chi connectivity index (χ0n) is 21.1. The fraction of sp³-hybridized carbons (Fsp3) is 0.714. The Morgan fingerprint density at radius 1 is 1.00 bits per heavy atom. The number of benzene rings is 1. The van der Waals surface area contributed by atoms with Crippen molar-refractivity contribution in [2.75, 3.05) is 26.3 Å². The summed E-state index contributed by atoms with van der Waals surface area (Å²) in [5.74, 6) is 0.950. The Labute approximate surface area is 191 Å². The van der Waals surface area contributed by atoms with Crippen molar-refractivity contribution in [2.24, 2.45) is 5.41 Å². The smallest absolute Gasteiger partial charge is 0.120 e. The molecule has 0 amide bonds. The largest absolute Gasteiger partial charge is 0.488 e. The minimum absolute atomic E-state index is 0.102. The highest BCUT2D eigenvalue weighted by atomic mass is 16.5. The van der Waals surface area contributed by atoms with Gasteiger partial charge in [-0.3, -0.25) is 4.90 Å². The van der Waals surface area contributed by atoms with Gasteiger partial charge in [-0.05, 0) is 108 Å². The van der Waals surface area contributed by atoms with Crippen molar-refractivity contribution in [1.29, 1.82) is 0 Å². The molecule has 0 aliphatic carbocycles. The van der Waals surface area contributed by atoms with Crippen molar-refractivity contribution in [3.63, 3.8) is 0 Å². The maximum Gasteiger partial charge on any atom is 0.120 e. The van der Waals surface area contributed by atoms with Crippen LogP contribution in [0.2, 0.25) is 0 Å². The van der Waals surface area contributed by atoms with Crippen LogP contribution in [0.4, 0.5) is 0 Å². The van der Waals surface area contributed by atoms with Crippen LogP contribution in [0.3, 0.4) is 0 Å². The minimum Gasteiger partial charge on any atom is -0.488 e. The summed E-state index contributed by atoms with van der Waals surface area (Å²) in [5, 5.41) is 0. The van der Waals surface area contributed by atoms with Crippen molar-refractivity contribution >= 4 is 0 Å². The highest BCUT2D eigenvalue weighted by Crippen LogP contribution is 2.42. The lowest BCUT2D eigenvalue weighted by Crippen LogP contribution is -2.47. The van der Waals surface area contributed by atoms with Crippen molar-refractivity contribution in [2.45, 2.75) is 97.6 Å².